The molecule has 1 atom stereocenters. The first kappa shape index (κ1) is 14.8. The van der Waals surface area contributed by atoms with E-state index in [4.69, 9.17) is 4.74 Å². The topological polar surface area (TPSA) is 21.3 Å². The molecule has 0 saturated heterocycles. The molecule has 2 aromatic rings. The molecule has 0 bridgehead atoms. The number of ether oxygens (including phenoxy) is 1. The van der Waals surface area contributed by atoms with Crippen LogP contribution in [-0.4, -0.2) is 7.05 Å². The molecule has 0 fully saturated rings. The van der Waals surface area contributed by atoms with E-state index in [2.05, 4.69) is 42.6 Å². The summed E-state index contributed by atoms with van der Waals surface area (Å²) >= 11 is 1.87. The normalized spacial score (nSPS) is 17.7. The summed E-state index contributed by atoms with van der Waals surface area (Å²) in [4.78, 5) is 2.77. The Bertz CT molecular complexity index is 605. The Morgan fingerprint density at radius 2 is 2.19 bits per heavy atom. The van der Waals surface area contributed by atoms with E-state index < -0.39 is 0 Å². The van der Waals surface area contributed by atoms with E-state index in [0.717, 1.165) is 19.6 Å². The number of hydrogen-bond acceptors (Lipinski definition) is 3. The molecular weight excluding hydrogens is 278 g/mol. The largest absolute Gasteiger partial charge is 0.369 e. The first-order valence-corrected chi connectivity index (χ1v) is 8.51. The summed E-state index contributed by atoms with van der Waals surface area (Å²) in [6, 6.07) is 11.0. The molecule has 1 N–H and O–H groups in total. The number of aryl methyl sites for hydroxylation is 2. The van der Waals surface area contributed by atoms with Crippen LogP contribution in [-0.2, 0) is 24.3 Å². The number of nitrogens with one attached hydrogen (secondary N) is 1. The lowest BCUT2D eigenvalue weighted by molar-refractivity contribution is 0.0282. The summed E-state index contributed by atoms with van der Waals surface area (Å²) in [6.07, 6.45) is 3.83. The molecular formula is C18H23NOS. The lowest BCUT2D eigenvalue weighted by Gasteiger charge is -2.25. The van der Waals surface area contributed by atoms with Crippen LogP contribution < -0.4 is 5.32 Å². The monoisotopic (exact) mass is 301 g/mol. The molecule has 0 saturated carbocycles. The lowest BCUT2D eigenvalue weighted by Crippen LogP contribution is -2.12. The Labute approximate surface area is 131 Å². The Hall–Kier alpha value is -1.16. The van der Waals surface area contributed by atoms with Gasteiger partial charge >= 0.3 is 0 Å². The molecule has 3 heteroatoms. The number of thiophene rings is 1. The Morgan fingerprint density at radius 1 is 1.33 bits per heavy atom. The molecule has 1 aliphatic carbocycles. The van der Waals surface area contributed by atoms with Crippen LogP contribution >= 0.6 is 11.3 Å². The maximum Gasteiger partial charge on any atom is 0.0832 e. The van der Waals surface area contributed by atoms with Gasteiger partial charge in [0, 0.05) is 16.3 Å². The molecule has 1 heterocycles. The van der Waals surface area contributed by atoms with Gasteiger partial charge in [0.15, 0.2) is 0 Å². The molecule has 0 amide bonds. The summed E-state index contributed by atoms with van der Waals surface area (Å²) in [5.74, 6) is 0. The Balaban J connectivity index is 1.68. The molecule has 21 heavy (non-hydrogen) atoms. The molecule has 3 rings (SSSR count). The van der Waals surface area contributed by atoms with Crippen LogP contribution in [0.2, 0.25) is 0 Å². The standard InChI is InChI=1S/C18H23NOS/c1-13-15(10-16(21-13)11-19-2)12-20-18-9-5-7-14-6-3-4-8-17(14)18/h3-4,6,8,10,18-19H,5,7,9,11-12H2,1-2H3. The third-order valence-corrected chi connectivity index (χ3v) is 5.27. The smallest absolute Gasteiger partial charge is 0.0832 e. The van der Waals surface area contributed by atoms with Gasteiger partial charge in [0.25, 0.3) is 0 Å². The second kappa shape index (κ2) is 6.73. The summed E-state index contributed by atoms with van der Waals surface area (Å²) < 4.78 is 6.25. The van der Waals surface area contributed by atoms with Crippen molar-refractivity contribution in [1.82, 2.24) is 5.32 Å². The highest BCUT2D eigenvalue weighted by Crippen LogP contribution is 2.33. The minimum atomic E-state index is 0.266. The second-order valence-corrected chi connectivity index (χ2v) is 7.06. The van der Waals surface area contributed by atoms with Crippen molar-refractivity contribution in [2.45, 2.75) is 45.4 Å². The van der Waals surface area contributed by atoms with Gasteiger partial charge in [0.2, 0.25) is 0 Å². The van der Waals surface area contributed by atoms with Crippen molar-refractivity contribution in [3.8, 4) is 0 Å². The van der Waals surface area contributed by atoms with Gasteiger partial charge in [-0.2, -0.15) is 0 Å². The highest BCUT2D eigenvalue weighted by Gasteiger charge is 2.20. The van der Waals surface area contributed by atoms with E-state index in [-0.39, 0.29) is 6.10 Å². The van der Waals surface area contributed by atoms with E-state index in [9.17, 15) is 0 Å². The average Bonchev–Trinajstić information content (AvgIpc) is 2.85. The van der Waals surface area contributed by atoms with Crippen molar-refractivity contribution in [3.05, 3.63) is 56.8 Å². The van der Waals surface area contributed by atoms with Crippen LogP contribution in [0.15, 0.2) is 30.3 Å². The molecule has 0 radical (unpaired) electrons. The molecule has 1 unspecified atom stereocenters. The van der Waals surface area contributed by atoms with Crippen LogP contribution in [0.1, 0.15) is 45.4 Å². The molecule has 1 aliphatic rings. The van der Waals surface area contributed by atoms with E-state index in [1.165, 1.54) is 39.3 Å². The molecule has 1 aromatic heterocycles. The third kappa shape index (κ3) is 3.37. The first-order valence-electron chi connectivity index (χ1n) is 7.70. The van der Waals surface area contributed by atoms with Gasteiger partial charge in [-0.25, -0.2) is 0 Å². The minimum absolute atomic E-state index is 0.266. The van der Waals surface area contributed by atoms with Crippen molar-refractivity contribution >= 4 is 11.3 Å². The summed E-state index contributed by atoms with van der Waals surface area (Å²) in [7, 11) is 1.99. The third-order valence-electron chi connectivity index (χ3n) is 4.18. The molecule has 0 spiro atoms. The predicted octanol–water partition coefficient (Wildman–Crippen LogP) is 4.37. The molecule has 112 valence electrons. The zero-order valence-corrected chi connectivity index (χ0v) is 13.6. The van der Waals surface area contributed by atoms with E-state index >= 15 is 0 Å². The fourth-order valence-corrected chi connectivity index (χ4v) is 4.13. The van der Waals surface area contributed by atoms with Gasteiger partial charge in [-0.05, 0) is 56.0 Å². The van der Waals surface area contributed by atoms with Crippen molar-refractivity contribution in [3.63, 3.8) is 0 Å². The van der Waals surface area contributed by atoms with Gasteiger partial charge < -0.3 is 10.1 Å². The van der Waals surface area contributed by atoms with Crippen molar-refractivity contribution < 1.29 is 4.74 Å². The van der Waals surface area contributed by atoms with Crippen LogP contribution in [0.3, 0.4) is 0 Å². The molecule has 2 nitrogen and oxygen atoms in total. The van der Waals surface area contributed by atoms with Gasteiger partial charge in [0.05, 0.1) is 12.7 Å². The summed E-state index contributed by atoms with van der Waals surface area (Å²) in [6.45, 7) is 3.86. The summed E-state index contributed by atoms with van der Waals surface area (Å²) in [5.41, 5.74) is 4.20. The van der Waals surface area contributed by atoms with Crippen LogP contribution in [0, 0.1) is 6.92 Å². The first-order chi connectivity index (χ1) is 10.3. The van der Waals surface area contributed by atoms with Crippen LogP contribution in [0.25, 0.3) is 0 Å². The van der Waals surface area contributed by atoms with Crippen LogP contribution in [0.5, 0.6) is 0 Å². The highest BCUT2D eigenvalue weighted by atomic mass is 32.1. The lowest BCUT2D eigenvalue weighted by atomic mass is 9.89. The van der Waals surface area contributed by atoms with Gasteiger partial charge in [-0.15, -0.1) is 11.3 Å². The SMILES string of the molecule is CNCc1cc(COC2CCCc3ccccc32)c(C)s1. The average molecular weight is 301 g/mol. The fourth-order valence-electron chi connectivity index (χ4n) is 3.07. The van der Waals surface area contributed by atoms with Gasteiger partial charge in [-0.3, -0.25) is 0 Å². The fraction of sp³-hybridized carbons (Fsp3) is 0.444. The predicted molar refractivity (Wildman–Crippen MR) is 88.7 cm³/mol. The zero-order valence-electron chi connectivity index (χ0n) is 12.8. The molecule has 0 aliphatic heterocycles. The minimum Gasteiger partial charge on any atom is -0.369 e. The second-order valence-electron chi connectivity index (χ2n) is 5.72. The van der Waals surface area contributed by atoms with E-state index in [0.29, 0.717) is 0 Å². The number of hydrogen-bond donors (Lipinski definition) is 1. The van der Waals surface area contributed by atoms with Crippen molar-refractivity contribution in [2.75, 3.05) is 7.05 Å². The maximum absolute atomic E-state index is 6.25. The Kier molecular flexibility index (Phi) is 4.73. The van der Waals surface area contributed by atoms with Crippen molar-refractivity contribution in [1.29, 1.82) is 0 Å². The number of fused-ring (bicyclic) bond motifs is 1. The van der Waals surface area contributed by atoms with E-state index in [1.807, 2.05) is 18.4 Å². The van der Waals surface area contributed by atoms with Crippen LogP contribution in [0.4, 0.5) is 0 Å². The maximum atomic E-state index is 6.25. The van der Waals surface area contributed by atoms with E-state index in [1.54, 1.807) is 0 Å². The highest BCUT2D eigenvalue weighted by molar-refractivity contribution is 7.12. The Morgan fingerprint density at radius 3 is 3.05 bits per heavy atom. The summed E-state index contributed by atoms with van der Waals surface area (Å²) in [5, 5.41) is 3.21. The quantitative estimate of drug-likeness (QED) is 0.885. The number of benzene rings is 1. The van der Waals surface area contributed by atoms with Crippen molar-refractivity contribution in [2.24, 2.45) is 0 Å². The zero-order chi connectivity index (χ0) is 14.7. The van der Waals surface area contributed by atoms with Gasteiger partial charge in [0.1, 0.15) is 0 Å². The van der Waals surface area contributed by atoms with Gasteiger partial charge in [-0.1, -0.05) is 24.3 Å². The number of rotatable bonds is 5. The molecule has 1 aromatic carbocycles.